The normalized spacial score (nSPS) is 13.0. The summed E-state index contributed by atoms with van der Waals surface area (Å²) in [5, 5.41) is 10.7. The third-order valence-electron chi connectivity index (χ3n) is 2.64. The first kappa shape index (κ1) is 14.5. The lowest BCUT2D eigenvalue weighted by Gasteiger charge is -2.21. The van der Waals surface area contributed by atoms with Gasteiger partial charge in [-0.05, 0) is 19.5 Å². The van der Waals surface area contributed by atoms with E-state index in [4.69, 9.17) is 16.3 Å². The van der Waals surface area contributed by atoms with Gasteiger partial charge >= 0.3 is 0 Å². The lowest BCUT2D eigenvalue weighted by atomic mass is 10.1. The SMILES string of the molecule is COCCCN(C)CC(O)c1ccccc1Cl. The van der Waals surface area contributed by atoms with Crippen molar-refractivity contribution in [2.45, 2.75) is 12.5 Å². The van der Waals surface area contributed by atoms with Crippen LogP contribution in [0.2, 0.25) is 5.02 Å². The molecule has 1 unspecified atom stereocenters. The molecule has 0 saturated heterocycles. The number of likely N-dealkylation sites (N-methyl/N-ethyl adjacent to an activating group) is 1. The fourth-order valence-electron chi connectivity index (χ4n) is 1.71. The molecule has 0 heterocycles. The van der Waals surface area contributed by atoms with Crippen molar-refractivity contribution in [1.29, 1.82) is 0 Å². The van der Waals surface area contributed by atoms with Crippen LogP contribution in [-0.2, 0) is 4.74 Å². The van der Waals surface area contributed by atoms with Crippen LogP contribution in [0.5, 0.6) is 0 Å². The quantitative estimate of drug-likeness (QED) is 0.761. The minimum absolute atomic E-state index is 0.545. The van der Waals surface area contributed by atoms with Crippen molar-refractivity contribution in [3.05, 3.63) is 34.9 Å². The highest BCUT2D eigenvalue weighted by Crippen LogP contribution is 2.22. The maximum atomic E-state index is 10.1. The third-order valence-corrected chi connectivity index (χ3v) is 2.98. The summed E-state index contributed by atoms with van der Waals surface area (Å²) in [6.07, 6.45) is 0.415. The molecule has 0 aliphatic rings. The number of methoxy groups -OCH3 is 1. The van der Waals surface area contributed by atoms with Crippen LogP contribution in [0.25, 0.3) is 0 Å². The summed E-state index contributed by atoms with van der Waals surface area (Å²) in [5.41, 5.74) is 0.785. The van der Waals surface area contributed by atoms with E-state index in [0.717, 1.165) is 25.1 Å². The summed E-state index contributed by atoms with van der Waals surface area (Å²) in [6, 6.07) is 7.40. The number of halogens is 1. The zero-order valence-corrected chi connectivity index (χ0v) is 11.2. The van der Waals surface area contributed by atoms with Gasteiger partial charge in [0, 0.05) is 37.4 Å². The molecule has 1 atom stereocenters. The largest absolute Gasteiger partial charge is 0.387 e. The summed E-state index contributed by atoms with van der Waals surface area (Å²) < 4.78 is 4.99. The van der Waals surface area contributed by atoms with Gasteiger partial charge in [-0.1, -0.05) is 29.8 Å². The lowest BCUT2D eigenvalue weighted by Crippen LogP contribution is -2.26. The lowest BCUT2D eigenvalue weighted by molar-refractivity contribution is 0.117. The van der Waals surface area contributed by atoms with E-state index in [-0.39, 0.29) is 0 Å². The molecule has 1 rings (SSSR count). The van der Waals surface area contributed by atoms with Crippen LogP contribution < -0.4 is 0 Å². The standard InChI is InChI=1S/C13H20ClNO2/c1-15(8-5-9-17-2)10-13(16)11-6-3-4-7-12(11)14/h3-4,6-7,13,16H,5,8-10H2,1-2H3. The molecule has 1 aromatic rings. The van der Waals surface area contributed by atoms with Gasteiger partial charge in [-0.15, -0.1) is 0 Å². The Bertz CT molecular complexity index is 333. The Morgan fingerprint density at radius 3 is 2.76 bits per heavy atom. The first-order chi connectivity index (χ1) is 8.15. The predicted octanol–water partition coefficient (Wildman–Crippen LogP) is 2.34. The first-order valence-electron chi connectivity index (χ1n) is 5.75. The molecule has 0 fully saturated rings. The molecule has 96 valence electrons. The fourth-order valence-corrected chi connectivity index (χ4v) is 1.97. The van der Waals surface area contributed by atoms with E-state index in [1.807, 2.05) is 25.2 Å². The number of nitrogens with zero attached hydrogens (tertiary/aromatic N) is 1. The van der Waals surface area contributed by atoms with Gasteiger partial charge in [0.25, 0.3) is 0 Å². The molecule has 0 spiro atoms. The van der Waals surface area contributed by atoms with Gasteiger partial charge in [-0.25, -0.2) is 0 Å². The molecular formula is C13H20ClNO2. The molecule has 0 amide bonds. The molecule has 0 aromatic heterocycles. The van der Waals surface area contributed by atoms with Gasteiger partial charge in [0.05, 0.1) is 6.10 Å². The summed E-state index contributed by atoms with van der Waals surface area (Å²) in [6.45, 7) is 2.22. The predicted molar refractivity (Wildman–Crippen MR) is 70.4 cm³/mol. The average molecular weight is 258 g/mol. The average Bonchev–Trinajstić information content (AvgIpc) is 2.29. The molecule has 1 N–H and O–H groups in total. The van der Waals surface area contributed by atoms with Crippen molar-refractivity contribution in [3.8, 4) is 0 Å². The van der Waals surface area contributed by atoms with E-state index in [9.17, 15) is 5.11 Å². The number of ether oxygens (including phenoxy) is 1. The van der Waals surface area contributed by atoms with Crippen LogP contribution in [0.15, 0.2) is 24.3 Å². The van der Waals surface area contributed by atoms with E-state index in [1.54, 1.807) is 13.2 Å². The molecule has 4 heteroatoms. The summed E-state index contributed by atoms with van der Waals surface area (Å²) in [4.78, 5) is 2.08. The van der Waals surface area contributed by atoms with Crippen LogP contribution in [-0.4, -0.2) is 43.9 Å². The number of hydrogen-bond donors (Lipinski definition) is 1. The highest BCUT2D eigenvalue weighted by molar-refractivity contribution is 6.31. The second kappa shape index (κ2) is 7.67. The topological polar surface area (TPSA) is 32.7 Å². The molecule has 1 aromatic carbocycles. The van der Waals surface area contributed by atoms with Gasteiger partial charge in [0.1, 0.15) is 0 Å². The maximum Gasteiger partial charge on any atom is 0.0931 e. The van der Waals surface area contributed by atoms with E-state index in [1.165, 1.54) is 0 Å². The molecule has 0 bridgehead atoms. The number of aliphatic hydroxyl groups excluding tert-OH is 1. The Labute approximate surface area is 108 Å². The Morgan fingerprint density at radius 1 is 1.41 bits per heavy atom. The van der Waals surface area contributed by atoms with E-state index in [0.29, 0.717) is 11.6 Å². The van der Waals surface area contributed by atoms with Crippen LogP contribution in [0.1, 0.15) is 18.1 Å². The van der Waals surface area contributed by atoms with Crippen LogP contribution in [0.4, 0.5) is 0 Å². The van der Waals surface area contributed by atoms with E-state index >= 15 is 0 Å². The number of hydrogen-bond acceptors (Lipinski definition) is 3. The molecule has 0 saturated carbocycles. The summed E-state index contributed by atoms with van der Waals surface area (Å²) >= 11 is 6.03. The van der Waals surface area contributed by atoms with Gasteiger partial charge < -0.3 is 14.7 Å². The van der Waals surface area contributed by atoms with Gasteiger partial charge in [0.2, 0.25) is 0 Å². The zero-order valence-electron chi connectivity index (χ0n) is 10.4. The van der Waals surface area contributed by atoms with E-state index in [2.05, 4.69) is 4.90 Å². The van der Waals surface area contributed by atoms with Crippen molar-refractivity contribution in [2.24, 2.45) is 0 Å². The molecular weight excluding hydrogens is 238 g/mol. The molecule has 0 radical (unpaired) electrons. The molecule has 3 nitrogen and oxygen atoms in total. The van der Waals surface area contributed by atoms with Crippen molar-refractivity contribution >= 4 is 11.6 Å². The summed E-state index contributed by atoms with van der Waals surface area (Å²) in [5.74, 6) is 0. The second-order valence-corrected chi connectivity index (χ2v) is 4.55. The van der Waals surface area contributed by atoms with E-state index < -0.39 is 6.10 Å². The van der Waals surface area contributed by atoms with Crippen molar-refractivity contribution in [1.82, 2.24) is 4.90 Å². The van der Waals surface area contributed by atoms with Crippen LogP contribution in [0.3, 0.4) is 0 Å². The highest BCUT2D eigenvalue weighted by atomic mass is 35.5. The Hall–Kier alpha value is -0.610. The van der Waals surface area contributed by atoms with Gasteiger partial charge in [-0.2, -0.15) is 0 Å². The third kappa shape index (κ3) is 5.04. The molecule has 0 aliphatic heterocycles. The van der Waals surface area contributed by atoms with Crippen molar-refractivity contribution < 1.29 is 9.84 Å². The first-order valence-corrected chi connectivity index (χ1v) is 6.13. The number of aliphatic hydroxyl groups is 1. The van der Waals surface area contributed by atoms with Crippen LogP contribution >= 0.6 is 11.6 Å². The minimum atomic E-state index is -0.545. The smallest absolute Gasteiger partial charge is 0.0931 e. The second-order valence-electron chi connectivity index (χ2n) is 4.15. The molecule has 17 heavy (non-hydrogen) atoms. The maximum absolute atomic E-state index is 10.1. The Kier molecular flexibility index (Phi) is 6.52. The fraction of sp³-hybridized carbons (Fsp3) is 0.538. The van der Waals surface area contributed by atoms with Gasteiger partial charge in [-0.3, -0.25) is 0 Å². The summed E-state index contributed by atoms with van der Waals surface area (Å²) in [7, 11) is 3.67. The zero-order chi connectivity index (χ0) is 12.7. The van der Waals surface area contributed by atoms with Crippen molar-refractivity contribution in [2.75, 3.05) is 33.9 Å². The molecule has 0 aliphatic carbocycles. The van der Waals surface area contributed by atoms with Crippen molar-refractivity contribution in [3.63, 3.8) is 0 Å². The van der Waals surface area contributed by atoms with Crippen LogP contribution in [0, 0.1) is 0 Å². The Balaban J connectivity index is 2.43. The number of rotatable bonds is 7. The minimum Gasteiger partial charge on any atom is -0.387 e. The highest BCUT2D eigenvalue weighted by Gasteiger charge is 2.13. The monoisotopic (exact) mass is 257 g/mol. The Morgan fingerprint density at radius 2 is 2.12 bits per heavy atom. The van der Waals surface area contributed by atoms with Gasteiger partial charge in [0.15, 0.2) is 0 Å². The number of benzene rings is 1.